The third-order valence-corrected chi connectivity index (χ3v) is 2.59. The van der Waals surface area contributed by atoms with Gasteiger partial charge in [0.1, 0.15) is 0 Å². The summed E-state index contributed by atoms with van der Waals surface area (Å²) in [6.45, 7) is 2.85. The fourth-order valence-electron chi connectivity index (χ4n) is 1.42. The Bertz CT molecular complexity index is 355. The molecule has 1 aromatic rings. The van der Waals surface area contributed by atoms with Crippen molar-refractivity contribution < 1.29 is 9.53 Å². The van der Waals surface area contributed by atoms with Gasteiger partial charge in [0, 0.05) is 20.1 Å². The third kappa shape index (κ3) is 3.22. The lowest BCUT2D eigenvalue weighted by molar-refractivity contribution is -0.118. The number of hydrogen-bond donors (Lipinski definition) is 0. The Kier molecular flexibility index (Phi) is 5.29. The molecule has 88 valence electrons. The topological polar surface area (TPSA) is 29.5 Å². The summed E-state index contributed by atoms with van der Waals surface area (Å²) in [4.78, 5) is 13.4. The van der Waals surface area contributed by atoms with E-state index in [1.807, 2.05) is 25.1 Å². The number of ether oxygens (including phenoxy) is 1. The van der Waals surface area contributed by atoms with E-state index in [-0.39, 0.29) is 5.91 Å². The number of para-hydroxylation sites is 1. The summed E-state index contributed by atoms with van der Waals surface area (Å²) in [7, 11) is 1.61. The molecule has 1 aromatic carbocycles. The van der Waals surface area contributed by atoms with Crippen molar-refractivity contribution in [2.24, 2.45) is 0 Å². The molecule has 0 saturated heterocycles. The van der Waals surface area contributed by atoms with Crippen molar-refractivity contribution >= 4 is 23.2 Å². The molecule has 0 N–H and O–H groups in total. The maximum absolute atomic E-state index is 11.8. The lowest BCUT2D eigenvalue weighted by atomic mass is 10.2. The average molecular weight is 242 g/mol. The van der Waals surface area contributed by atoms with Gasteiger partial charge in [-0.3, -0.25) is 4.79 Å². The Morgan fingerprint density at radius 1 is 1.44 bits per heavy atom. The molecule has 0 unspecified atom stereocenters. The van der Waals surface area contributed by atoms with Gasteiger partial charge in [-0.05, 0) is 12.1 Å². The number of nitrogens with zero attached hydrogens (tertiary/aromatic N) is 1. The molecule has 0 aliphatic rings. The van der Waals surface area contributed by atoms with Gasteiger partial charge < -0.3 is 9.64 Å². The third-order valence-electron chi connectivity index (χ3n) is 2.27. The van der Waals surface area contributed by atoms with Gasteiger partial charge in [0.2, 0.25) is 5.91 Å². The van der Waals surface area contributed by atoms with Crippen LogP contribution >= 0.6 is 11.6 Å². The van der Waals surface area contributed by atoms with Gasteiger partial charge in [-0.2, -0.15) is 0 Å². The molecule has 0 radical (unpaired) electrons. The molecule has 0 aromatic heterocycles. The van der Waals surface area contributed by atoms with Crippen LogP contribution in [-0.4, -0.2) is 26.2 Å². The van der Waals surface area contributed by atoms with Gasteiger partial charge in [0.25, 0.3) is 0 Å². The highest BCUT2D eigenvalue weighted by atomic mass is 35.5. The summed E-state index contributed by atoms with van der Waals surface area (Å²) in [5.41, 5.74) is 0.744. The van der Waals surface area contributed by atoms with E-state index in [2.05, 4.69) is 0 Å². The predicted octanol–water partition coefficient (Wildman–Crippen LogP) is 2.73. The van der Waals surface area contributed by atoms with Crippen LogP contribution in [-0.2, 0) is 9.53 Å². The molecular formula is C12H16ClNO2. The van der Waals surface area contributed by atoms with E-state index in [1.165, 1.54) is 0 Å². The number of rotatable bonds is 5. The SMILES string of the molecule is CCC(=O)N(CCOC)c1ccccc1Cl. The first-order valence-corrected chi connectivity index (χ1v) is 5.62. The van der Waals surface area contributed by atoms with Crippen molar-refractivity contribution in [3.8, 4) is 0 Å². The van der Waals surface area contributed by atoms with E-state index >= 15 is 0 Å². The van der Waals surface area contributed by atoms with Crippen LogP contribution in [0.15, 0.2) is 24.3 Å². The minimum absolute atomic E-state index is 0.0464. The number of hydrogen-bond acceptors (Lipinski definition) is 2. The second kappa shape index (κ2) is 6.51. The zero-order chi connectivity index (χ0) is 12.0. The lowest BCUT2D eigenvalue weighted by Gasteiger charge is -2.22. The number of carbonyl (C=O) groups is 1. The monoisotopic (exact) mass is 241 g/mol. The van der Waals surface area contributed by atoms with Gasteiger partial charge in [0.05, 0.1) is 17.3 Å². The average Bonchev–Trinajstić information content (AvgIpc) is 2.31. The fraction of sp³-hybridized carbons (Fsp3) is 0.417. The molecule has 0 atom stereocenters. The van der Waals surface area contributed by atoms with Crippen LogP contribution < -0.4 is 4.90 Å². The molecule has 0 aliphatic heterocycles. The van der Waals surface area contributed by atoms with Crippen molar-refractivity contribution in [3.05, 3.63) is 29.3 Å². The molecule has 0 aliphatic carbocycles. The predicted molar refractivity (Wildman–Crippen MR) is 66.0 cm³/mol. The highest BCUT2D eigenvalue weighted by Gasteiger charge is 2.15. The minimum Gasteiger partial charge on any atom is -0.383 e. The molecule has 16 heavy (non-hydrogen) atoms. The largest absolute Gasteiger partial charge is 0.383 e. The van der Waals surface area contributed by atoms with E-state index in [9.17, 15) is 4.79 Å². The van der Waals surface area contributed by atoms with E-state index in [1.54, 1.807) is 18.1 Å². The van der Waals surface area contributed by atoms with E-state index in [4.69, 9.17) is 16.3 Å². The van der Waals surface area contributed by atoms with Crippen molar-refractivity contribution in [1.29, 1.82) is 0 Å². The number of halogens is 1. The van der Waals surface area contributed by atoms with Gasteiger partial charge in [-0.25, -0.2) is 0 Å². The van der Waals surface area contributed by atoms with Crippen molar-refractivity contribution in [2.45, 2.75) is 13.3 Å². The number of amides is 1. The zero-order valence-corrected chi connectivity index (χ0v) is 10.3. The van der Waals surface area contributed by atoms with Crippen LogP contribution in [0.1, 0.15) is 13.3 Å². The second-order valence-corrected chi connectivity index (χ2v) is 3.75. The highest BCUT2D eigenvalue weighted by Crippen LogP contribution is 2.25. The standard InChI is InChI=1S/C12H16ClNO2/c1-3-12(15)14(8-9-16-2)11-7-5-4-6-10(11)13/h4-7H,3,8-9H2,1-2H3. The van der Waals surface area contributed by atoms with E-state index < -0.39 is 0 Å². The quantitative estimate of drug-likeness (QED) is 0.793. The molecule has 0 saturated carbocycles. The van der Waals surface area contributed by atoms with E-state index in [0.29, 0.717) is 24.6 Å². The number of carbonyl (C=O) groups excluding carboxylic acids is 1. The molecule has 3 nitrogen and oxygen atoms in total. The number of methoxy groups -OCH3 is 1. The van der Waals surface area contributed by atoms with Crippen LogP contribution in [0, 0.1) is 0 Å². The molecule has 0 bridgehead atoms. The molecule has 1 amide bonds. The Morgan fingerprint density at radius 3 is 2.69 bits per heavy atom. The molecule has 1 rings (SSSR count). The minimum atomic E-state index is 0.0464. The van der Waals surface area contributed by atoms with Crippen LogP contribution in [0.3, 0.4) is 0 Å². The number of anilines is 1. The zero-order valence-electron chi connectivity index (χ0n) is 9.57. The molecule has 0 spiro atoms. The van der Waals surface area contributed by atoms with Crippen LogP contribution in [0.5, 0.6) is 0 Å². The van der Waals surface area contributed by atoms with E-state index in [0.717, 1.165) is 5.69 Å². The first-order chi connectivity index (χ1) is 7.70. The maximum Gasteiger partial charge on any atom is 0.226 e. The highest BCUT2D eigenvalue weighted by molar-refractivity contribution is 6.33. The van der Waals surface area contributed by atoms with Crippen LogP contribution in [0.4, 0.5) is 5.69 Å². The molecule has 0 heterocycles. The maximum atomic E-state index is 11.8. The molecule has 4 heteroatoms. The fourth-order valence-corrected chi connectivity index (χ4v) is 1.66. The second-order valence-electron chi connectivity index (χ2n) is 3.34. The first-order valence-electron chi connectivity index (χ1n) is 5.24. The van der Waals surface area contributed by atoms with Gasteiger partial charge in [-0.15, -0.1) is 0 Å². The lowest BCUT2D eigenvalue weighted by Crippen LogP contribution is -2.33. The first kappa shape index (κ1) is 13.0. The van der Waals surface area contributed by atoms with Crippen LogP contribution in [0.2, 0.25) is 5.02 Å². The van der Waals surface area contributed by atoms with Gasteiger partial charge in [-0.1, -0.05) is 30.7 Å². The Labute approximate surface area is 101 Å². The van der Waals surface area contributed by atoms with Gasteiger partial charge in [0.15, 0.2) is 0 Å². The van der Waals surface area contributed by atoms with Crippen molar-refractivity contribution in [3.63, 3.8) is 0 Å². The normalized spacial score (nSPS) is 10.2. The van der Waals surface area contributed by atoms with Crippen molar-refractivity contribution in [2.75, 3.05) is 25.2 Å². The molecule has 0 fully saturated rings. The Balaban J connectivity index is 2.92. The smallest absolute Gasteiger partial charge is 0.226 e. The summed E-state index contributed by atoms with van der Waals surface area (Å²) in [6.07, 6.45) is 0.453. The summed E-state index contributed by atoms with van der Waals surface area (Å²) in [5, 5.41) is 0.584. The summed E-state index contributed by atoms with van der Waals surface area (Å²) in [6, 6.07) is 7.33. The Hall–Kier alpha value is -1.06. The Morgan fingerprint density at radius 2 is 2.12 bits per heavy atom. The summed E-state index contributed by atoms with van der Waals surface area (Å²) >= 11 is 6.06. The molecular weight excluding hydrogens is 226 g/mol. The number of benzene rings is 1. The van der Waals surface area contributed by atoms with Crippen molar-refractivity contribution in [1.82, 2.24) is 0 Å². The van der Waals surface area contributed by atoms with Crippen LogP contribution in [0.25, 0.3) is 0 Å². The summed E-state index contributed by atoms with van der Waals surface area (Å²) < 4.78 is 4.99. The summed E-state index contributed by atoms with van der Waals surface area (Å²) in [5.74, 6) is 0.0464. The van der Waals surface area contributed by atoms with Gasteiger partial charge >= 0.3 is 0 Å².